The molecule has 0 unspecified atom stereocenters. The van der Waals surface area contributed by atoms with Gasteiger partial charge in [-0.3, -0.25) is 9.59 Å². The molecule has 4 aromatic rings. The van der Waals surface area contributed by atoms with E-state index < -0.39 is 0 Å². The van der Waals surface area contributed by atoms with Crippen molar-refractivity contribution in [3.63, 3.8) is 0 Å². The molecule has 2 heterocycles. The van der Waals surface area contributed by atoms with Crippen LogP contribution in [-0.4, -0.2) is 32.2 Å². The van der Waals surface area contributed by atoms with Gasteiger partial charge >= 0.3 is 0 Å². The Morgan fingerprint density at radius 2 is 1.60 bits per heavy atom. The summed E-state index contributed by atoms with van der Waals surface area (Å²) in [4.78, 5) is 27.7. The number of nitrogens with zero attached hydrogens (tertiary/aromatic N) is 1. The second kappa shape index (κ2) is 7.65. The van der Waals surface area contributed by atoms with Gasteiger partial charge in [-0.25, -0.2) is 0 Å². The van der Waals surface area contributed by atoms with E-state index in [0.29, 0.717) is 46.4 Å². The van der Waals surface area contributed by atoms with Gasteiger partial charge in [-0.1, -0.05) is 12.1 Å². The molecule has 1 N–H and O–H groups in total. The molecule has 3 aromatic carbocycles. The van der Waals surface area contributed by atoms with Crippen LogP contribution in [-0.2, 0) is 4.74 Å². The summed E-state index contributed by atoms with van der Waals surface area (Å²) in [5.41, 5.74) is 3.10. The van der Waals surface area contributed by atoms with E-state index in [0.717, 1.165) is 18.8 Å². The Bertz CT molecular complexity index is 1290. The molecule has 5 rings (SSSR count). The Morgan fingerprint density at radius 1 is 0.867 bits per heavy atom. The van der Waals surface area contributed by atoms with Crippen LogP contribution < -0.4 is 15.6 Å². The predicted octanol–water partition coefficient (Wildman–Crippen LogP) is 4.04. The highest BCUT2D eigenvalue weighted by molar-refractivity contribution is 6.05. The van der Waals surface area contributed by atoms with Crippen molar-refractivity contribution in [2.45, 2.75) is 0 Å². The van der Waals surface area contributed by atoms with Gasteiger partial charge in [0.1, 0.15) is 11.2 Å². The number of rotatable bonds is 3. The molecule has 0 saturated carbocycles. The van der Waals surface area contributed by atoms with E-state index in [9.17, 15) is 9.59 Å². The van der Waals surface area contributed by atoms with Crippen LogP contribution in [0.25, 0.3) is 21.9 Å². The molecule has 1 amide bonds. The zero-order chi connectivity index (χ0) is 20.5. The highest BCUT2D eigenvalue weighted by atomic mass is 16.5. The third-order valence-corrected chi connectivity index (χ3v) is 5.34. The molecule has 1 aromatic heterocycles. The number of amides is 1. The third kappa shape index (κ3) is 3.42. The van der Waals surface area contributed by atoms with E-state index in [1.54, 1.807) is 36.4 Å². The van der Waals surface area contributed by atoms with E-state index in [-0.39, 0.29) is 11.3 Å². The normalized spacial score (nSPS) is 14.2. The van der Waals surface area contributed by atoms with Gasteiger partial charge in [-0.2, -0.15) is 0 Å². The molecule has 1 saturated heterocycles. The quantitative estimate of drug-likeness (QED) is 0.526. The smallest absolute Gasteiger partial charge is 0.255 e. The molecule has 0 bridgehead atoms. The van der Waals surface area contributed by atoms with Crippen molar-refractivity contribution in [3.8, 4) is 0 Å². The highest BCUT2D eigenvalue weighted by Crippen LogP contribution is 2.22. The lowest BCUT2D eigenvalue weighted by Crippen LogP contribution is -2.36. The van der Waals surface area contributed by atoms with Gasteiger partial charge in [-0.05, 0) is 54.6 Å². The van der Waals surface area contributed by atoms with Crippen LogP contribution in [0, 0.1) is 0 Å². The summed E-state index contributed by atoms with van der Waals surface area (Å²) < 4.78 is 11.2. The SMILES string of the molecule is O=C(Nc1ccc2oc3ccccc3c(=O)c2c1)c1ccc(N2CCOCC2)cc1. The number of carbonyl (C=O) groups is 1. The second-order valence-electron chi connectivity index (χ2n) is 7.24. The fourth-order valence-corrected chi connectivity index (χ4v) is 3.73. The number of hydrogen-bond donors (Lipinski definition) is 1. The number of anilines is 2. The lowest BCUT2D eigenvalue weighted by atomic mass is 10.1. The molecule has 30 heavy (non-hydrogen) atoms. The van der Waals surface area contributed by atoms with Gasteiger partial charge in [-0.15, -0.1) is 0 Å². The summed E-state index contributed by atoms with van der Waals surface area (Å²) in [7, 11) is 0. The molecular formula is C24H20N2O4. The van der Waals surface area contributed by atoms with Crippen molar-refractivity contribution < 1.29 is 13.9 Å². The van der Waals surface area contributed by atoms with Crippen LogP contribution in [0.2, 0.25) is 0 Å². The van der Waals surface area contributed by atoms with Crippen molar-refractivity contribution in [1.82, 2.24) is 0 Å². The molecule has 6 nitrogen and oxygen atoms in total. The second-order valence-corrected chi connectivity index (χ2v) is 7.24. The largest absolute Gasteiger partial charge is 0.456 e. The first kappa shape index (κ1) is 18.4. The summed E-state index contributed by atoms with van der Waals surface area (Å²) in [5, 5.41) is 3.83. The van der Waals surface area contributed by atoms with E-state index in [2.05, 4.69) is 10.2 Å². The zero-order valence-electron chi connectivity index (χ0n) is 16.3. The highest BCUT2D eigenvalue weighted by Gasteiger charge is 2.13. The fourth-order valence-electron chi connectivity index (χ4n) is 3.73. The van der Waals surface area contributed by atoms with Crippen LogP contribution in [0.4, 0.5) is 11.4 Å². The first-order valence-corrected chi connectivity index (χ1v) is 9.89. The Hall–Kier alpha value is -3.64. The minimum atomic E-state index is -0.229. The summed E-state index contributed by atoms with van der Waals surface area (Å²) >= 11 is 0. The molecule has 1 aliphatic rings. The van der Waals surface area contributed by atoms with Crippen molar-refractivity contribution in [1.29, 1.82) is 0 Å². The number of para-hydroxylation sites is 1. The van der Waals surface area contributed by atoms with E-state index >= 15 is 0 Å². The standard InChI is InChI=1S/C24H20N2O4/c27-23-19-3-1-2-4-21(19)30-22-10-7-17(15-20(22)23)25-24(28)16-5-8-18(9-6-16)26-11-13-29-14-12-26/h1-10,15H,11-14H2,(H,25,28). The summed E-state index contributed by atoms with van der Waals surface area (Å²) in [6, 6.07) is 19.8. The van der Waals surface area contributed by atoms with Crippen molar-refractivity contribution in [2.24, 2.45) is 0 Å². The predicted molar refractivity (Wildman–Crippen MR) is 117 cm³/mol. The van der Waals surface area contributed by atoms with Crippen molar-refractivity contribution in [3.05, 3.63) is 82.5 Å². The van der Waals surface area contributed by atoms with E-state index in [1.807, 2.05) is 30.3 Å². The Labute approximate surface area is 172 Å². The molecule has 1 fully saturated rings. The van der Waals surface area contributed by atoms with Gasteiger partial charge in [0.25, 0.3) is 5.91 Å². The number of hydrogen-bond acceptors (Lipinski definition) is 5. The van der Waals surface area contributed by atoms with E-state index in [1.165, 1.54) is 0 Å². The first-order valence-electron chi connectivity index (χ1n) is 9.89. The monoisotopic (exact) mass is 400 g/mol. The lowest BCUT2D eigenvalue weighted by molar-refractivity contribution is 0.102. The molecule has 0 spiro atoms. The molecule has 0 atom stereocenters. The van der Waals surface area contributed by atoms with Crippen LogP contribution >= 0.6 is 0 Å². The van der Waals surface area contributed by atoms with E-state index in [4.69, 9.17) is 9.15 Å². The molecule has 0 aliphatic carbocycles. The van der Waals surface area contributed by atoms with Gasteiger partial charge in [0.2, 0.25) is 5.43 Å². The number of carbonyl (C=O) groups excluding carboxylic acids is 1. The molecule has 1 aliphatic heterocycles. The number of morpholine rings is 1. The van der Waals surface area contributed by atoms with Gasteiger partial charge in [0.05, 0.1) is 24.0 Å². The topological polar surface area (TPSA) is 71.8 Å². The number of ether oxygens (including phenoxy) is 1. The van der Waals surface area contributed by atoms with Gasteiger partial charge in [0, 0.05) is 30.0 Å². The first-order chi connectivity index (χ1) is 14.7. The Morgan fingerprint density at radius 3 is 2.40 bits per heavy atom. The minimum absolute atomic E-state index is 0.113. The van der Waals surface area contributed by atoms with Crippen molar-refractivity contribution >= 4 is 39.2 Å². The Balaban J connectivity index is 1.39. The lowest BCUT2D eigenvalue weighted by Gasteiger charge is -2.28. The maximum Gasteiger partial charge on any atom is 0.255 e. The third-order valence-electron chi connectivity index (χ3n) is 5.34. The van der Waals surface area contributed by atoms with Gasteiger partial charge < -0.3 is 19.4 Å². The van der Waals surface area contributed by atoms with Gasteiger partial charge in [0.15, 0.2) is 0 Å². The fraction of sp³-hybridized carbons (Fsp3) is 0.167. The number of fused-ring (bicyclic) bond motifs is 2. The summed E-state index contributed by atoms with van der Waals surface area (Å²) in [6.07, 6.45) is 0. The molecule has 0 radical (unpaired) electrons. The number of nitrogens with one attached hydrogen (secondary N) is 1. The molecule has 150 valence electrons. The summed E-state index contributed by atoms with van der Waals surface area (Å²) in [5.74, 6) is -0.229. The average molecular weight is 400 g/mol. The van der Waals surface area contributed by atoms with Crippen LogP contribution in [0.15, 0.2) is 75.9 Å². The molecular weight excluding hydrogens is 380 g/mol. The Kier molecular flexibility index (Phi) is 4.69. The maximum absolute atomic E-state index is 12.8. The molecule has 6 heteroatoms. The van der Waals surface area contributed by atoms with Crippen LogP contribution in [0.1, 0.15) is 10.4 Å². The maximum atomic E-state index is 12.8. The zero-order valence-corrected chi connectivity index (χ0v) is 16.3. The van der Waals surface area contributed by atoms with Crippen molar-refractivity contribution in [2.75, 3.05) is 36.5 Å². The minimum Gasteiger partial charge on any atom is -0.456 e. The average Bonchev–Trinajstić information content (AvgIpc) is 2.80. The number of benzene rings is 3. The van der Waals surface area contributed by atoms with Crippen LogP contribution in [0.3, 0.4) is 0 Å². The van der Waals surface area contributed by atoms with Crippen LogP contribution in [0.5, 0.6) is 0 Å². The summed E-state index contributed by atoms with van der Waals surface area (Å²) in [6.45, 7) is 3.13.